The van der Waals surface area contributed by atoms with Crippen molar-refractivity contribution >= 4 is 33.6 Å². The Hall–Kier alpha value is -5.49. The lowest BCUT2D eigenvalue weighted by Crippen LogP contribution is -2.52. The van der Waals surface area contributed by atoms with Gasteiger partial charge in [-0.2, -0.15) is 0 Å². The second kappa shape index (κ2) is 19.2. The topological polar surface area (TPSA) is 165 Å². The van der Waals surface area contributed by atoms with Crippen molar-refractivity contribution in [3.63, 3.8) is 0 Å². The van der Waals surface area contributed by atoms with Crippen molar-refractivity contribution in [2.45, 2.75) is 125 Å². The number of benzene rings is 4. The Balaban J connectivity index is 1.07. The van der Waals surface area contributed by atoms with E-state index in [-0.39, 0.29) is 54.1 Å². The molecule has 10 atom stereocenters. The molecular weight excluding hydrogens is 931 g/mol. The number of aliphatic hydroxyl groups excluding tert-OH is 1. The molecule has 4 aromatic carbocycles. The predicted octanol–water partition coefficient (Wildman–Crippen LogP) is 9.41. The Labute approximate surface area is 423 Å². The number of hydrogen-bond donors (Lipinski definition) is 6. The quantitative estimate of drug-likeness (QED) is 0.0469. The zero-order valence-electron chi connectivity index (χ0n) is 40.0. The van der Waals surface area contributed by atoms with Crippen LogP contribution in [0.3, 0.4) is 0 Å². The highest BCUT2D eigenvalue weighted by atomic mass is 33.1. The largest absolute Gasteiger partial charge is 0.508 e. The molecule has 8 aliphatic rings. The number of fused-ring (bicyclic) bond motifs is 11. The van der Waals surface area contributed by atoms with Gasteiger partial charge in [-0.15, -0.1) is 0 Å². The molecule has 11 nitrogen and oxygen atoms in total. The van der Waals surface area contributed by atoms with E-state index in [9.17, 15) is 20.1 Å². The van der Waals surface area contributed by atoms with Gasteiger partial charge in [0.25, 0.3) is 0 Å². The highest BCUT2D eigenvalue weighted by Gasteiger charge is 2.52. The summed E-state index contributed by atoms with van der Waals surface area (Å²) in [4.78, 5) is 12.9. The molecule has 3 aliphatic carbocycles. The number of hydrogen-bond acceptors (Lipinski definition) is 13. The Bertz CT molecular complexity index is 2930. The lowest BCUT2D eigenvalue weighted by Gasteiger charge is -2.39. The predicted molar refractivity (Wildman–Crippen MR) is 278 cm³/mol. The summed E-state index contributed by atoms with van der Waals surface area (Å²) in [5.41, 5.74) is 16.3. The van der Waals surface area contributed by atoms with Gasteiger partial charge in [-0.3, -0.25) is 4.79 Å². The first-order chi connectivity index (χ1) is 34.6. The second-order valence-electron chi connectivity index (χ2n) is 21.0. The van der Waals surface area contributed by atoms with Crippen molar-refractivity contribution in [1.82, 2.24) is 10.6 Å². The van der Waals surface area contributed by atoms with Crippen LogP contribution in [-0.4, -0.2) is 70.0 Å². The van der Waals surface area contributed by atoms with E-state index in [1.54, 1.807) is 6.07 Å². The number of allylic oxidation sites excluding steroid dienone is 3. The van der Waals surface area contributed by atoms with Crippen molar-refractivity contribution in [3.05, 3.63) is 129 Å². The summed E-state index contributed by atoms with van der Waals surface area (Å²) < 4.78 is 27.0. The van der Waals surface area contributed by atoms with E-state index in [4.69, 9.17) is 24.7 Å². The van der Waals surface area contributed by atoms with Crippen LogP contribution in [0.4, 0.5) is 0 Å². The molecule has 6 bridgehead atoms. The molecule has 1 spiro atoms. The number of phenolic OH excluding ortho intramolecular Hbond substituents is 2. The van der Waals surface area contributed by atoms with Crippen LogP contribution < -0.4 is 30.6 Å². The summed E-state index contributed by atoms with van der Waals surface area (Å²) >= 11 is 0. The number of phenols is 2. The van der Waals surface area contributed by atoms with Gasteiger partial charge in [0.05, 0.1) is 29.1 Å². The minimum Gasteiger partial charge on any atom is -0.508 e. The standard InChI is InChI=1S/C58H61N3O8S2/c1-32(63)66-29-44-41-14-15-42-51-38(24-40(64)26-48(51)67-31-62)28-58-20-19-34(27-58)21-36-13-18-50(59)61-45(36)12-6-10-37-25-47(65)54-43(52(37)55(44)69-56(41)53(42)58)16-17-46-57(68-54)49(23-33-7-3-2-4-8-33)71-70-30-35-9-5-11-39(22-35)60-46/h2-4,7-8,13-18,24-26,34-35,39,44,46,49-50,55,57,60-62,64-65H,5,9-11,19-23,27-31,59H2,1H3. The highest BCUT2D eigenvalue weighted by molar-refractivity contribution is 8.77. The summed E-state index contributed by atoms with van der Waals surface area (Å²) in [6.07, 6.45) is 16.9. The minimum absolute atomic E-state index is 0.0346. The monoisotopic (exact) mass is 991 g/mol. The van der Waals surface area contributed by atoms with Gasteiger partial charge >= 0.3 is 5.97 Å². The maximum absolute atomic E-state index is 12.9. The van der Waals surface area contributed by atoms with E-state index in [2.05, 4.69) is 83.2 Å². The summed E-state index contributed by atoms with van der Waals surface area (Å²) in [5.74, 6) is 9.90. The zero-order chi connectivity index (χ0) is 48.4. The number of nitrogens with one attached hydrogen (secondary N) is 2. The molecule has 1 saturated heterocycles. The number of rotatable bonds is 6. The third kappa shape index (κ3) is 8.77. The van der Waals surface area contributed by atoms with Gasteiger partial charge in [0.2, 0.25) is 0 Å². The summed E-state index contributed by atoms with van der Waals surface area (Å²) in [6.45, 7) is 0.946. The van der Waals surface area contributed by atoms with E-state index < -0.39 is 24.2 Å². The Kier molecular flexibility index (Phi) is 12.6. The Morgan fingerprint density at radius 2 is 1.89 bits per heavy atom. The average Bonchev–Trinajstić information content (AvgIpc) is 3.86. The van der Waals surface area contributed by atoms with E-state index in [0.717, 1.165) is 112 Å². The first-order valence-electron chi connectivity index (χ1n) is 25.4. The minimum atomic E-state index is -0.683. The van der Waals surface area contributed by atoms with Crippen LogP contribution in [0.1, 0.15) is 109 Å². The van der Waals surface area contributed by atoms with Crippen LogP contribution in [0.5, 0.6) is 28.7 Å². The number of esters is 1. The molecular formula is C58H61N3O8S2. The number of aliphatic hydroxyl groups is 1. The van der Waals surface area contributed by atoms with E-state index in [1.165, 1.54) is 25.3 Å². The van der Waals surface area contributed by atoms with Gasteiger partial charge in [-0.1, -0.05) is 94.6 Å². The Morgan fingerprint density at radius 1 is 1.00 bits per heavy atom. The van der Waals surface area contributed by atoms with Crippen LogP contribution in [0.15, 0.2) is 90.2 Å². The van der Waals surface area contributed by atoms with E-state index in [0.29, 0.717) is 35.8 Å². The third-order valence-corrected chi connectivity index (χ3v) is 19.4. The SMILES string of the molecule is CC(=O)OCC1c2ccc3c4c2OC1c1c(cc(O)c2c1C=CC1NC5CCCC(CSSC(Cc6ccccc6)C1O2)C5)CC#CC1=C(C=CC(N)N1)CC1CCC4(Cc2cc(O)cc(OCO)c2-3)C1. The van der Waals surface area contributed by atoms with Crippen molar-refractivity contribution in [2.75, 3.05) is 19.2 Å². The molecule has 0 aromatic heterocycles. The van der Waals surface area contributed by atoms with Crippen molar-refractivity contribution in [1.29, 1.82) is 0 Å². The zero-order valence-corrected chi connectivity index (χ0v) is 41.6. The first-order valence-corrected chi connectivity index (χ1v) is 27.8. The van der Waals surface area contributed by atoms with Crippen molar-refractivity contribution in [2.24, 2.45) is 17.6 Å². The first kappa shape index (κ1) is 46.6. The van der Waals surface area contributed by atoms with Crippen LogP contribution in [-0.2, 0) is 34.2 Å². The normalized spacial score (nSPS) is 29.8. The summed E-state index contributed by atoms with van der Waals surface area (Å²) in [7, 11) is 3.86. The van der Waals surface area contributed by atoms with Gasteiger partial charge in [0.1, 0.15) is 36.1 Å². The molecule has 71 heavy (non-hydrogen) atoms. The smallest absolute Gasteiger partial charge is 0.302 e. The number of carbonyl (C=O) groups excluding carboxylic acids is 1. The molecule has 12 rings (SSSR count). The maximum Gasteiger partial charge on any atom is 0.302 e. The van der Waals surface area contributed by atoms with Gasteiger partial charge < -0.3 is 50.6 Å². The van der Waals surface area contributed by atoms with Crippen LogP contribution >= 0.6 is 21.6 Å². The third-order valence-electron chi connectivity index (χ3n) is 16.4. The van der Waals surface area contributed by atoms with Gasteiger partial charge in [-0.05, 0) is 122 Å². The van der Waals surface area contributed by atoms with E-state index in [1.807, 2.05) is 39.8 Å². The molecule has 0 amide bonds. The van der Waals surface area contributed by atoms with Crippen molar-refractivity contribution < 1.29 is 39.1 Å². The molecule has 368 valence electrons. The van der Waals surface area contributed by atoms with Crippen LogP contribution in [0, 0.1) is 23.7 Å². The molecule has 10 unspecified atom stereocenters. The maximum atomic E-state index is 12.9. The number of dihydropyridines is 1. The molecule has 0 radical (unpaired) electrons. The van der Waals surface area contributed by atoms with Gasteiger partial charge in [-0.25, -0.2) is 0 Å². The average molecular weight is 992 g/mol. The summed E-state index contributed by atoms with van der Waals surface area (Å²) in [5, 5.41) is 41.3. The second-order valence-corrected chi connectivity index (χ2v) is 23.6. The van der Waals surface area contributed by atoms with Crippen LogP contribution in [0.2, 0.25) is 0 Å². The van der Waals surface area contributed by atoms with E-state index >= 15 is 0 Å². The molecule has 2 saturated carbocycles. The molecule has 3 fully saturated rings. The highest BCUT2D eigenvalue weighted by Crippen LogP contribution is 2.63. The fourth-order valence-corrected chi connectivity index (χ4v) is 16.6. The van der Waals surface area contributed by atoms with Crippen LogP contribution in [0.25, 0.3) is 17.2 Å². The number of carbonyl (C=O) groups is 1. The number of nitrogens with two attached hydrogens (primary N) is 1. The molecule has 13 heteroatoms. The molecule has 5 heterocycles. The van der Waals surface area contributed by atoms with Gasteiger partial charge in [0.15, 0.2) is 18.3 Å². The summed E-state index contributed by atoms with van der Waals surface area (Å²) in [6, 6.07) is 20.2. The Morgan fingerprint density at radius 3 is 2.75 bits per heavy atom. The fraction of sp³-hybridized carbons (Fsp3) is 0.431. The van der Waals surface area contributed by atoms with Crippen molar-refractivity contribution in [3.8, 4) is 51.7 Å². The lowest BCUT2D eigenvalue weighted by molar-refractivity contribution is -0.141. The molecule has 4 aromatic rings. The lowest BCUT2D eigenvalue weighted by atomic mass is 9.65. The molecule has 7 N–H and O–H groups in total. The number of ether oxygens (including phenoxy) is 4. The molecule has 5 aliphatic heterocycles. The fourth-order valence-electron chi connectivity index (χ4n) is 13.4. The van der Waals surface area contributed by atoms with Gasteiger partial charge in [0, 0.05) is 64.4 Å². The number of aromatic hydroxyl groups is 2.